The molecule has 1 unspecified atom stereocenters. The highest BCUT2D eigenvalue weighted by Crippen LogP contribution is 2.22. The lowest BCUT2D eigenvalue weighted by molar-refractivity contribution is -0.119. The van der Waals surface area contributed by atoms with Crippen LogP contribution in [0.4, 0.5) is 0 Å². The number of aliphatic hydroxyl groups is 1. The van der Waals surface area contributed by atoms with Crippen LogP contribution in [0.2, 0.25) is 0 Å². The summed E-state index contributed by atoms with van der Waals surface area (Å²) in [5, 5.41) is 12.6. The topological polar surface area (TPSA) is 52.6 Å². The van der Waals surface area contributed by atoms with Crippen molar-refractivity contribution in [2.75, 3.05) is 19.7 Å². The summed E-state index contributed by atoms with van der Waals surface area (Å²) >= 11 is 0. The second-order valence-electron chi connectivity index (χ2n) is 5.43. The van der Waals surface area contributed by atoms with Crippen LogP contribution in [0.3, 0.4) is 0 Å². The molecule has 1 aliphatic heterocycles. The van der Waals surface area contributed by atoms with Crippen LogP contribution in [0, 0.1) is 0 Å². The maximum absolute atomic E-state index is 11.6. The molecule has 4 heteroatoms. The Morgan fingerprint density at radius 3 is 2.85 bits per heavy atom. The number of likely N-dealkylation sites (tertiary alicyclic amines) is 1. The molecule has 0 aliphatic carbocycles. The molecule has 2 rings (SSSR count). The van der Waals surface area contributed by atoms with Gasteiger partial charge in [0, 0.05) is 13.1 Å². The molecule has 0 saturated carbocycles. The molecule has 4 nitrogen and oxygen atoms in total. The summed E-state index contributed by atoms with van der Waals surface area (Å²) in [5.41, 5.74) is 0.703. The Labute approximate surface area is 120 Å². The van der Waals surface area contributed by atoms with Crippen molar-refractivity contribution in [2.24, 2.45) is 0 Å². The summed E-state index contributed by atoms with van der Waals surface area (Å²) < 4.78 is 0. The van der Waals surface area contributed by atoms with Crippen molar-refractivity contribution in [3.05, 3.63) is 48.6 Å². The number of nitrogens with zero attached hydrogens (tertiary/aromatic N) is 1. The quantitative estimate of drug-likeness (QED) is 0.796. The van der Waals surface area contributed by atoms with E-state index in [9.17, 15) is 9.90 Å². The number of nitrogens with one attached hydrogen (secondary N) is 1. The van der Waals surface area contributed by atoms with Crippen LogP contribution in [-0.2, 0) is 11.3 Å². The van der Waals surface area contributed by atoms with Gasteiger partial charge in [0.15, 0.2) is 0 Å². The lowest BCUT2D eigenvalue weighted by Gasteiger charge is -2.42. The van der Waals surface area contributed by atoms with Crippen molar-refractivity contribution in [2.45, 2.75) is 24.9 Å². The molecule has 1 aliphatic rings. The van der Waals surface area contributed by atoms with Gasteiger partial charge in [-0.05, 0) is 31.0 Å². The number of carbonyl (C=O) groups excluding carboxylic acids is 1. The smallest absolute Gasteiger partial charge is 0.243 e. The van der Waals surface area contributed by atoms with Gasteiger partial charge in [0.25, 0.3) is 0 Å². The van der Waals surface area contributed by atoms with Crippen molar-refractivity contribution >= 4 is 5.91 Å². The minimum Gasteiger partial charge on any atom is -0.394 e. The minimum atomic E-state index is -0.543. The predicted octanol–water partition coefficient (Wildman–Crippen LogP) is 1.32. The van der Waals surface area contributed by atoms with Gasteiger partial charge >= 0.3 is 0 Å². The fraction of sp³-hybridized carbons (Fsp3) is 0.438. The molecule has 108 valence electrons. The largest absolute Gasteiger partial charge is 0.394 e. The Morgan fingerprint density at radius 2 is 2.20 bits per heavy atom. The Balaban J connectivity index is 2.02. The van der Waals surface area contributed by atoms with Crippen molar-refractivity contribution in [1.82, 2.24) is 10.2 Å². The molecule has 1 saturated heterocycles. The van der Waals surface area contributed by atoms with Crippen molar-refractivity contribution in [1.29, 1.82) is 0 Å². The fourth-order valence-electron chi connectivity index (χ4n) is 2.79. The van der Waals surface area contributed by atoms with Crippen LogP contribution < -0.4 is 5.32 Å². The van der Waals surface area contributed by atoms with Gasteiger partial charge in [0.05, 0.1) is 12.1 Å². The Kier molecular flexibility index (Phi) is 4.93. The van der Waals surface area contributed by atoms with Gasteiger partial charge in [-0.2, -0.15) is 0 Å². The second kappa shape index (κ2) is 6.68. The predicted molar refractivity (Wildman–Crippen MR) is 79.1 cm³/mol. The maximum atomic E-state index is 11.6. The highest BCUT2D eigenvalue weighted by atomic mass is 16.3. The lowest BCUT2D eigenvalue weighted by Crippen LogP contribution is -2.60. The first kappa shape index (κ1) is 14.8. The molecule has 0 spiro atoms. The van der Waals surface area contributed by atoms with Crippen LogP contribution in [-0.4, -0.2) is 41.1 Å². The van der Waals surface area contributed by atoms with E-state index >= 15 is 0 Å². The third-order valence-electron chi connectivity index (χ3n) is 3.78. The first-order chi connectivity index (χ1) is 9.67. The summed E-state index contributed by atoms with van der Waals surface area (Å²) in [6, 6.07) is 10.2. The van der Waals surface area contributed by atoms with Gasteiger partial charge in [-0.15, -0.1) is 0 Å². The molecule has 20 heavy (non-hydrogen) atoms. The van der Waals surface area contributed by atoms with E-state index in [0.717, 1.165) is 25.9 Å². The molecular weight excluding hydrogens is 252 g/mol. The van der Waals surface area contributed by atoms with E-state index in [4.69, 9.17) is 0 Å². The van der Waals surface area contributed by atoms with Crippen LogP contribution in [0.15, 0.2) is 43.0 Å². The van der Waals surface area contributed by atoms with Crippen molar-refractivity contribution < 1.29 is 9.90 Å². The number of hydrogen-bond acceptors (Lipinski definition) is 3. The Bertz CT molecular complexity index is 461. The molecule has 2 N–H and O–H groups in total. The number of carbonyl (C=O) groups is 1. The van der Waals surface area contributed by atoms with Crippen LogP contribution in [0.1, 0.15) is 18.4 Å². The van der Waals surface area contributed by atoms with E-state index < -0.39 is 5.54 Å². The third-order valence-corrected chi connectivity index (χ3v) is 3.78. The molecule has 1 heterocycles. The molecule has 1 aromatic rings. The van der Waals surface area contributed by atoms with E-state index in [1.54, 1.807) is 0 Å². The number of rotatable bonds is 5. The zero-order valence-electron chi connectivity index (χ0n) is 11.7. The van der Waals surface area contributed by atoms with Crippen LogP contribution in [0.25, 0.3) is 0 Å². The molecule has 1 amide bonds. The van der Waals surface area contributed by atoms with Crippen LogP contribution in [0.5, 0.6) is 0 Å². The third kappa shape index (κ3) is 3.68. The molecule has 0 bridgehead atoms. The van der Waals surface area contributed by atoms with E-state index in [1.807, 2.05) is 18.2 Å². The highest BCUT2D eigenvalue weighted by molar-refractivity contribution is 5.87. The zero-order chi connectivity index (χ0) is 14.4. The SMILES string of the molecule is C=CC(=O)NC1(CO)CCCN(Cc2ccccc2)C1. The van der Waals surface area contributed by atoms with Gasteiger partial charge in [-0.25, -0.2) is 0 Å². The number of piperidine rings is 1. The highest BCUT2D eigenvalue weighted by Gasteiger charge is 2.35. The number of benzene rings is 1. The number of hydrogen-bond donors (Lipinski definition) is 2. The molecule has 0 radical (unpaired) electrons. The molecule has 0 aromatic heterocycles. The normalized spacial score (nSPS) is 23.2. The first-order valence-electron chi connectivity index (χ1n) is 6.99. The summed E-state index contributed by atoms with van der Waals surface area (Å²) in [6.07, 6.45) is 3.02. The maximum Gasteiger partial charge on any atom is 0.243 e. The van der Waals surface area contributed by atoms with Crippen molar-refractivity contribution in [3.63, 3.8) is 0 Å². The molecule has 1 fully saturated rings. The van der Waals surface area contributed by atoms with Gasteiger partial charge in [0.2, 0.25) is 5.91 Å². The van der Waals surface area contributed by atoms with Gasteiger partial charge in [-0.3, -0.25) is 9.69 Å². The van der Waals surface area contributed by atoms with E-state index in [1.165, 1.54) is 11.6 Å². The Morgan fingerprint density at radius 1 is 1.45 bits per heavy atom. The monoisotopic (exact) mass is 274 g/mol. The lowest BCUT2D eigenvalue weighted by atomic mass is 9.89. The molecule has 1 atom stereocenters. The van der Waals surface area contributed by atoms with Crippen molar-refractivity contribution in [3.8, 4) is 0 Å². The van der Waals surface area contributed by atoms with Gasteiger partial charge in [-0.1, -0.05) is 36.9 Å². The fourth-order valence-corrected chi connectivity index (χ4v) is 2.79. The summed E-state index contributed by atoms with van der Waals surface area (Å²) in [5.74, 6) is -0.222. The van der Waals surface area contributed by atoms with E-state index in [-0.39, 0.29) is 12.5 Å². The summed E-state index contributed by atoms with van der Waals surface area (Å²) in [4.78, 5) is 13.8. The van der Waals surface area contributed by atoms with Gasteiger partial charge < -0.3 is 10.4 Å². The second-order valence-corrected chi connectivity index (χ2v) is 5.43. The number of amides is 1. The summed E-state index contributed by atoms with van der Waals surface area (Å²) in [6.45, 7) is 5.92. The first-order valence-corrected chi connectivity index (χ1v) is 6.99. The average Bonchev–Trinajstić information content (AvgIpc) is 2.48. The summed E-state index contributed by atoms with van der Waals surface area (Å²) in [7, 11) is 0. The molecule has 1 aromatic carbocycles. The van der Waals surface area contributed by atoms with Gasteiger partial charge in [0.1, 0.15) is 0 Å². The van der Waals surface area contributed by atoms with E-state index in [2.05, 4.69) is 28.9 Å². The average molecular weight is 274 g/mol. The van der Waals surface area contributed by atoms with Crippen LogP contribution >= 0.6 is 0 Å². The standard InChI is InChI=1S/C16H22N2O2/c1-2-15(20)17-16(13-19)9-6-10-18(12-16)11-14-7-4-3-5-8-14/h2-5,7-8,19H,1,6,9-13H2,(H,17,20). The zero-order valence-corrected chi connectivity index (χ0v) is 11.7. The van der Waals surface area contributed by atoms with E-state index in [0.29, 0.717) is 6.54 Å². The molecular formula is C16H22N2O2. The minimum absolute atomic E-state index is 0.0438. The number of aliphatic hydroxyl groups excluding tert-OH is 1. The Hall–Kier alpha value is -1.65.